The van der Waals surface area contributed by atoms with Gasteiger partial charge in [0.1, 0.15) is 5.78 Å². The van der Waals surface area contributed by atoms with Crippen molar-refractivity contribution in [3.63, 3.8) is 0 Å². The maximum Gasteiger partial charge on any atom is 0.142 e. The van der Waals surface area contributed by atoms with E-state index in [4.69, 9.17) is 0 Å². The Morgan fingerprint density at radius 3 is 2.71 bits per heavy atom. The number of hydrogen-bond donors (Lipinski definition) is 1. The summed E-state index contributed by atoms with van der Waals surface area (Å²) in [7, 11) is 0. The van der Waals surface area contributed by atoms with Crippen LogP contribution in [0.5, 0.6) is 0 Å². The number of carbonyl (C=O) groups is 1. The highest BCUT2D eigenvalue weighted by molar-refractivity contribution is 5.84. The molecule has 0 aliphatic carbocycles. The fraction of sp³-hybridized carbons (Fsp3) is 0.417. The number of ketones is 1. The Bertz CT molecular complexity index is 342. The van der Waals surface area contributed by atoms with Crippen LogP contribution in [0.2, 0.25) is 0 Å². The first kappa shape index (κ1) is 9.41. The molecule has 0 saturated carbocycles. The third-order valence-electron chi connectivity index (χ3n) is 2.86. The van der Waals surface area contributed by atoms with Gasteiger partial charge < -0.3 is 5.32 Å². The number of aryl methyl sites for hydroxylation is 1. The molecule has 14 heavy (non-hydrogen) atoms. The molecule has 74 valence electrons. The Labute approximate surface area is 84.3 Å². The lowest BCUT2D eigenvalue weighted by Gasteiger charge is -2.25. The lowest BCUT2D eigenvalue weighted by molar-refractivity contribution is -0.123. The maximum absolute atomic E-state index is 11.7. The maximum atomic E-state index is 11.7. The first-order chi connectivity index (χ1) is 6.77. The predicted octanol–water partition coefficient (Wildman–Crippen LogP) is 1.33. The third-order valence-corrected chi connectivity index (χ3v) is 2.86. The molecule has 0 spiro atoms. The smallest absolute Gasteiger partial charge is 0.142 e. The van der Waals surface area contributed by atoms with Crippen molar-refractivity contribution in [3.05, 3.63) is 35.4 Å². The van der Waals surface area contributed by atoms with Crippen LogP contribution in [0.1, 0.15) is 11.1 Å². The van der Waals surface area contributed by atoms with Crippen LogP contribution >= 0.6 is 0 Å². The van der Waals surface area contributed by atoms with E-state index in [0.29, 0.717) is 12.2 Å². The molecule has 2 nitrogen and oxygen atoms in total. The van der Waals surface area contributed by atoms with Gasteiger partial charge in [-0.05, 0) is 18.1 Å². The molecule has 2 rings (SSSR count). The van der Waals surface area contributed by atoms with Crippen molar-refractivity contribution < 1.29 is 4.79 Å². The summed E-state index contributed by atoms with van der Waals surface area (Å²) in [5, 5.41) is 3.12. The van der Waals surface area contributed by atoms with Crippen molar-refractivity contribution in [1.82, 2.24) is 5.32 Å². The molecule has 1 aliphatic rings. The molecule has 1 heterocycles. The number of Topliss-reactive ketones (excluding diaryl/α,β-unsaturated/α-hetero) is 1. The van der Waals surface area contributed by atoms with Crippen LogP contribution in [-0.2, 0) is 11.2 Å². The van der Waals surface area contributed by atoms with Crippen molar-refractivity contribution in [2.24, 2.45) is 5.92 Å². The van der Waals surface area contributed by atoms with Crippen LogP contribution in [0.15, 0.2) is 24.3 Å². The van der Waals surface area contributed by atoms with Crippen LogP contribution < -0.4 is 5.32 Å². The summed E-state index contributed by atoms with van der Waals surface area (Å²) in [6.45, 7) is 3.79. The summed E-state index contributed by atoms with van der Waals surface area (Å²) in [4.78, 5) is 11.7. The quantitative estimate of drug-likeness (QED) is 0.777. The molecule has 1 aromatic carbocycles. The lowest BCUT2D eigenvalue weighted by atomic mass is 9.92. The second-order valence-corrected chi connectivity index (χ2v) is 3.92. The first-order valence-corrected chi connectivity index (χ1v) is 5.05. The summed E-state index contributed by atoms with van der Waals surface area (Å²) >= 11 is 0. The van der Waals surface area contributed by atoms with Crippen LogP contribution in [0, 0.1) is 12.8 Å². The van der Waals surface area contributed by atoms with Crippen molar-refractivity contribution in [3.8, 4) is 0 Å². The van der Waals surface area contributed by atoms with E-state index < -0.39 is 0 Å². The largest absolute Gasteiger partial charge is 0.315 e. The van der Waals surface area contributed by atoms with Gasteiger partial charge >= 0.3 is 0 Å². The molecule has 0 unspecified atom stereocenters. The van der Waals surface area contributed by atoms with Gasteiger partial charge in [0, 0.05) is 25.4 Å². The van der Waals surface area contributed by atoms with E-state index in [9.17, 15) is 4.79 Å². The van der Waals surface area contributed by atoms with Gasteiger partial charge in [-0.3, -0.25) is 4.79 Å². The minimum Gasteiger partial charge on any atom is -0.315 e. The zero-order chi connectivity index (χ0) is 9.97. The van der Waals surface area contributed by atoms with Gasteiger partial charge in [-0.1, -0.05) is 24.3 Å². The molecular weight excluding hydrogens is 174 g/mol. The number of carbonyl (C=O) groups excluding carboxylic acids is 1. The monoisotopic (exact) mass is 189 g/mol. The standard InChI is InChI=1S/C12H15NO/c1-9-4-2-3-5-10(9)6-12(14)11-7-13-8-11/h2-5,11,13H,6-8H2,1H3. The Morgan fingerprint density at radius 2 is 2.14 bits per heavy atom. The Balaban J connectivity index is 2.03. The second kappa shape index (κ2) is 3.93. The molecule has 0 aromatic heterocycles. The molecule has 0 atom stereocenters. The van der Waals surface area contributed by atoms with Crippen molar-refractivity contribution in [2.75, 3.05) is 13.1 Å². The summed E-state index contributed by atoms with van der Waals surface area (Å²) in [6, 6.07) is 8.10. The average molecular weight is 189 g/mol. The van der Waals surface area contributed by atoms with E-state index in [0.717, 1.165) is 13.1 Å². The molecule has 1 N–H and O–H groups in total. The molecule has 1 fully saturated rings. The SMILES string of the molecule is Cc1ccccc1CC(=O)C1CNC1. The van der Waals surface area contributed by atoms with Gasteiger partial charge in [-0.25, -0.2) is 0 Å². The van der Waals surface area contributed by atoms with Crippen molar-refractivity contribution in [2.45, 2.75) is 13.3 Å². The number of hydrogen-bond acceptors (Lipinski definition) is 2. The third kappa shape index (κ3) is 1.85. The van der Waals surface area contributed by atoms with E-state index in [-0.39, 0.29) is 5.92 Å². The normalized spacial score (nSPS) is 16.4. The highest BCUT2D eigenvalue weighted by Gasteiger charge is 2.24. The van der Waals surface area contributed by atoms with E-state index >= 15 is 0 Å². The van der Waals surface area contributed by atoms with Gasteiger partial charge in [0.2, 0.25) is 0 Å². The van der Waals surface area contributed by atoms with Gasteiger partial charge in [-0.15, -0.1) is 0 Å². The number of benzene rings is 1. The number of nitrogens with one attached hydrogen (secondary N) is 1. The van der Waals surface area contributed by atoms with E-state index in [2.05, 4.69) is 18.3 Å². The predicted molar refractivity (Wildman–Crippen MR) is 56.2 cm³/mol. The average Bonchev–Trinajstić information content (AvgIpc) is 2.05. The lowest BCUT2D eigenvalue weighted by Crippen LogP contribution is -2.47. The van der Waals surface area contributed by atoms with Crippen LogP contribution in [0.4, 0.5) is 0 Å². The van der Waals surface area contributed by atoms with Gasteiger partial charge in [-0.2, -0.15) is 0 Å². The fourth-order valence-corrected chi connectivity index (χ4v) is 1.66. The second-order valence-electron chi connectivity index (χ2n) is 3.92. The highest BCUT2D eigenvalue weighted by atomic mass is 16.1. The molecule has 1 saturated heterocycles. The molecule has 1 aliphatic heterocycles. The molecule has 2 heteroatoms. The number of rotatable bonds is 3. The minimum absolute atomic E-state index is 0.259. The highest BCUT2D eigenvalue weighted by Crippen LogP contribution is 2.13. The minimum atomic E-state index is 0.259. The van der Waals surface area contributed by atoms with Crippen LogP contribution in [0.3, 0.4) is 0 Å². The van der Waals surface area contributed by atoms with Gasteiger partial charge in [0.05, 0.1) is 0 Å². The van der Waals surface area contributed by atoms with Crippen molar-refractivity contribution in [1.29, 1.82) is 0 Å². The Hall–Kier alpha value is -1.15. The van der Waals surface area contributed by atoms with Gasteiger partial charge in [0.15, 0.2) is 0 Å². The molecular formula is C12H15NO. The topological polar surface area (TPSA) is 29.1 Å². The van der Waals surface area contributed by atoms with E-state index in [1.54, 1.807) is 0 Å². The first-order valence-electron chi connectivity index (χ1n) is 5.05. The zero-order valence-corrected chi connectivity index (χ0v) is 8.42. The zero-order valence-electron chi connectivity index (χ0n) is 8.42. The molecule has 0 amide bonds. The summed E-state index contributed by atoms with van der Waals surface area (Å²) < 4.78 is 0. The summed E-state index contributed by atoms with van der Waals surface area (Å²) in [5.41, 5.74) is 2.39. The summed E-state index contributed by atoms with van der Waals surface area (Å²) in [5.74, 6) is 0.632. The Morgan fingerprint density at radius 1 is 1.43 bits per heavy atom. The van der Waals surface area contributed by atoms with Crippen molar-refractivity contribution >= 4 is 5.78 Å². The molecule has 0 radical (unpaired) electrons. The van der Waals surface area contributed by atoms with E-state index in [1.165, 1.54) is 11.1 Å². The van der Waals surface area contributed by atoms with E-state index in [1.807, 2.05) is 18.2 Å². The molecule has 1 aromatic rings. The fourth-order valence-electron chi connectivity index (χ4n) is 1.66. The van der Waals surface area contributed by atoms with Gasteiger partial charge in [0.25, 0.3) is 0 Å². The van der Waals surface area contributed by atoms with Crippen LogP contribution in [-0.4, -0.2) is 18.9 Å². The summed E-state index contributed by atoms with van der Waals surface area (Å²) in [6.07, 6.45) is 0.596. The Kier molecular flexibility index (Phi) is 2.64. The van der Waals surface area contributed by atoms with Crippen LogP contribution in [0.25, 0.3) is 0 Å². The molecule has 0 bridgehead atoms.